The third kappa shape index (κ3) is 6.30. The molecule has 1 unspecified atom stereocenters. The Morgan fingerprint density at radius 1 is 1.40 bits per heavy atom. The monoisotopic (exact) mass is 315 g/mol. The molecular weight excluding hydrogens is 316 g/mol. The lowest BCUT2D eigenvalue weighted by molar-refractivity contribution is 2.08. The molecular formula is HCl5NP3S. The standard InChI is InChI=1S/Cl5HNP3S/c1-7(2)6-8(3)9(4,5)10/h8H. The molecule has 0 radical (unpaired) electrons. The highest BCUT2D eigenvalue weighted by Crippen LogP contribution is 2.82. The Morgan fingerprint density at radius 2 is 1.80 bits per heavy atom. The highest BCUT2D eigenvalue weighted by molar-refractivity contribution is 8.72. The van der Waals surface area contributed by atoms with E-state index in [2.05, 4.69) is 16.3 Å². The Labute approximate surface area is 89.8 Å². The maximum atomic E-state index is 5.62. The number of hydrogen-bond acceptors (Lipinski definition) is 2. The van der Waals surface area contributed by atoms with Gasteiger partial charge in [0.05, 0.1) is 0 Å². The lowest BCUT2D eigenvalue weighted by atomic mass is 13.9. The third-order valence-corrected chi connectivity index (χ3v) is 15.4. The van der Waals surface area contributed by atoms with Crippen molar-refractivity contribution in [2.75, 3.05) is 0 Å². The summed E-state index contributed by atoms with van der Waals surface area (Å²) in [6.45, 7) is -3.21. The molecule has 10 heavy (non-hydrogen) atoms. The van der Waals surface area contributed by atoms with Crippen molar-refractivity contribution in [3.05, 3.63) is 0 Å². The molecule has 1 atom stereocenters. The van der Waals surface area contributed by atoms with Gasteiger partial charge in [-0.25, -0.2) is 4.52 Å². The summed E-state index contributed by atoms with van der Waals surface area (Å²) in [5.74, 6) is 0. The molecule has 62 valence electrons. The van der Waals surface area contributed by atoms with Crippen LogP contribution in [0.2, 0.25) is 0 Å². The molecule has 0 rings (SSSR count). The van der Waals surface area contributed by atoms with Gasteiger partial charge in [0.2, 0.25) is 6.78 Å². The van der Waals surface area contributed by atoms with Gasteiger partial charge in [0.15, 0.2) is 4.43 Å². The highest BCUT2D eigenvalue weighted by atomic mass is 35.9. The molecule has 0 aliphatic carbocycles. The second-order valence-corrected chi connectivity index (χ2v) is 20.4. The second kappa shape index (κ2) is 5.48. The van der Waals surface area contributed by atoms with Crippen molar-refractivity contribution in [1.29, 1.82) is 0 Å². The molecule has 1 nitrogen and oxygen atoms in total. The molecule has 0 fully saturated rings. The van der Waals surface area contributed by atoms with Crippen molar-refractivity contribution < 1.29 is 0 Å². The first kappa shape index (κ1) is 12.8. The van der Waals surface area contributed by atoms with Crippen molar-refractivity contribution in [2.24, 2.45) is 4.52 Å². The van der Waals surface area contributed by atoms with Crippen LogP contribution in [0.3, 0.4) is 0 Å². The van der Waals surface area contributed by atoms with Gasteiger partial charge in [-0.05, 0) is 0 Å². The van der Waals surface area contributed by atoms with Gasteiger partial charge < -0.3 is 0 Å². The molecule has 0 aliphatic heterocycles. The molecule has 0 aromatic rings. The van der Waals surface area contributed by atoms with Crippen LogP contribution in [-0.4, -0.2) is 0 Å². The molecule has 0 amide bonds. The van der Waals surface area contributed by atoms with Crippen LogP contribution in [0, 0.1) is 0 Å². The molecule has 0 saturated heterocycles. The van der Waals surface area contributed by atoms with Crippen molar-refractivity contribution >= 4 is 86.0 Å². The van der Waals surface area contributed by atoms with Crippen LogP contribution in [0.1, 0.15) is 0 Å². The number of halogens is 5. The van der Waals surface area contributed by atoms with Gasteiger partial charge in [-0.15, -0.1) is 0 Å². The fourth-order valence-electron chi connectivity index (χ4n) is 0.114. The molecule has 0 spiro atoms. The minimum absolute atomic E-state index is 1.43. The summed E-state index contributed by atoms with van der Waals surface area (Å²) < 4.78 is 1.21. The Hall–Kier alpha value is 2.76. The van der Waals surface area contributed by atoms with E-state index in [0.29, 0.717) is 0 Å². The van der Waals surface area contributed by atoms with E-state index in [-0.39, 0.29) is 0 Å². The normalized spacial score (nSPS) is 16.2. The summed E-state index contributed by atoms with van der Waals surface area (Å²) >= 11 is 32.0. The first-order valence-corrected chi connectivity index (χ1v) is 12.7. The molecule has 0 N–H and O–H groups in total. The van der Waals surface area contributed by atoms with Crippen molar-refractivity contribution in [3.8, 4) is 0 Å². The number of hydrogen-bond donors (Lipinski definition) is 0. The van der Waals surface area contributed by atoms with Crippen LogP contribution in [0.25, 0.3) is 0 Å². The largest absolute Gasteiger partial charge is 0.228 e. The van der Waals surface area contributed by atoms with Gasteiger partial charge in [0.25, 0.3) is 0 Å². The van der Waals surface area contributed by atoms with E-state index in [0.717, 1.165) is 0 Å². The highest BCUT2D eigenvalue weighted by Gasteiger charge is 2.14. The van der Waals surface area contributed by atoms with Gasteiger partial charge in [0, 0.05) is 0 Å². The second-order valence-electron chi connectivity index (χ2n) is 1.05. The van der Waals surface area contributed by atoms with E-state index in [4.69, 9.17) is 56.2 Å². The fraction of sp³-hybridized carbons (Fsp3) is 0. The average Bonchev–Trinajstić information content (AvgIpc) is 1.60. The van der Waals surface area contributed by atoms with Crippen LogP contribution in [0.4, 0.5) is 0 Å². The lowest BCUT2D eigenvalue weighted by Gasteiger charge is -2.02. The maximum absolute atomic E-state index is 5.62. The van der Waals surface area contributed by atoms with Crippen LogP contribution in [-0.2, 0) is 11.8 Å². The molecule has 0 aromatic carbocycles. The summed E-state index contributed by atoms with van der Waals surface area (Å²) in [4.78, 5) is 0. The predicted octanol–water partition coefficient (Wildman–Crippen LogP) is 5.94. The van der Waals surface area contributed by atoms with Crippen molar-refractivity contribution in [1.82, 2.24) is 0 Å². The zero-order chi connectivity index (χ0) is 8.36. The Morgan fingerprint density at radius 3 is 1.90 bits per heavy atom. The SMILES string of the molecule is S=P(Cl)(Cl)/[PH](Cl)=N/P(Cl)Cl. The van der Waals surface area contributed by atoms with Gasteiger partial charge in [-0.3, -0.25) is 0 Å². The molecule has 0 bridgehead atoms. The van der Waals surface area contributed by atoms with Crippen LogP contribution in [0.5, 0.6) is 0 Å². The van der Waals surface area contributed by atoms with Crippen LogP contribution in [0.15, 0.2) is 4.52 Å². The van der Waals surface area contributed by atoms with Gasteiger partial charge in [-0.2, -0.15) is 0 Å². The van der Waals surface area contributed by atoms with Crippen LogP contribution < -0.4 is 0 Å². The Kier molecular flexibility index (Phi) is 6.99. The summed E-state index contributed by atoms with van der Waals surface area (Å²) in [5, 5.41) is 0. The van der Waals surface area contributed by atoms with Crippen molar-refractivity contribution in [2.45, 2.75) is 0 Å². The topological polar surface area (TPSA) is 12.4 Å². The average molecular weight is 317 g/mol. The fourth-order valence-corrected chi connectivity index (χ4v) is 9.27. The van der Waals surface area contributed by atoms with Crippen molar-refractivity contribution in [3.63, 3.8) is 0 Å². The maximum Gasteiger partial charge on any atom is 0.207 e. The van der Waals surface area contributed by atoms with E-state index in [1.165, 1.54) is 0 Å². The van der Waals surface area contributed by atoms with Crippen LogP contribution >= 0.6 is 74.2 Å². The minimum Gasteiger partial charge on any atom is -0.228 e. The third-order valence-electron chi connectivity index (χ3n) is 0.373. The predicted molar refractivity (Wildman–Crippen MR) is 61.2 cm³/mol. The first-order chi connectivity index (χ1) is 4.34. The number of nitrogens with zero attached hydrogens (tertiary/aromatic N) is 1. The molecule has 0 saturated carbocycles. The van der Waals surface area contributed by atoms with Gasteiger partial charge in [-0.1, -0.05) is 68.0 Å². The molecule has 0 heterocycles. The minimum atomic E-state index is -2.48. The number of rotatable bonds is 2. The molecule has 10 heteroatoms. The van der Waals surface area contributed by atoms with E-state index in [1.54, 1.807) is 0 Å². The first-order valence-electron chi connectivity index (χ1n) is 1.69. The summed E-state index contributed by atoms with van der Waals surface area (Å²) in [5.41, 5.74) is 0. The zero-order valence-electron chi connectivity index (χ0n) is 4.14. The smallest absolute Gasteiger partial charge is 0.207 e. The zero-order valence-corrected chi connectivity index (χ0v) is 11.5. The summed E-state index contributed by atoms with van der Waals surface area (Å²) in [6, 6.07) is 0. The summed E-state index contributed by atoms with van der Waals surface area (Å²) in [6.07, 6.45) is 0. The van der Waals surface area contributed by atoms with E-state index < -0.39 is 18.0 Å². The van der Waals surface area contributed by atoms with Gasteiger partial charge >= 0.3 is 0 Å². The quantitative estimate of drug-likeness (QED) is 0.574. The lowest BCUT2D eigenvalue weighted by Crippen LogP contribution is -1.37. The van der Waals surface area contributed by atoms with E-state index >= 15 is 0 Å². The Bertz CT molecular complexity index is 181. The van der Waals surface area contributed by atoms with Gasteiger partial charge in [0.1, 0.15) is 6.75 Å². The Balaban J connectivity index is 4.36. The molecule has 0 aliphatic rings. The van der Waals surface area contributed by atoms with E-state index in [9.17, 15) is 0 Å². The summed E-state index contributed by atoms with van der Waals surface area (Å²) in [7, 11) is 0. The van der Waals surface area contributed by atoms with E-state index in [1.807, 2.05) is 0 Å². The molecule has 0 aromatic heterocycles.